The van der Waals surface area contributed by atoms with Gasteiger partial charge in [0.15, 0.2) is 0 Å². The van der Waals surface area contributed by atoms with Crippen molar-refractivity contribution in [1.29, 1.82) is 0 Å². The number of aryl methyl sites for hydroxylation is 1. The van der Waals surface area contributed by atoms with Gasteiger partial charge in [-0.3, -0.25) is 14.4 Å². The molecule has 3 amide bonds. The van der Waals surface area contributed by atoms with Gasteiger partial charge in [-0.25, -0.2) is 4.39 Å². The highest BCUT2D eigenvalue weighted by molar-refractivity contribution is 6.34. The monoisotopic (exact) mass is 486 g/mol. The molecule has 1 aliphatic rings. The number of carbonyl (C=O) groups excluding carboxylic acids is 3. The van der Waals surface area contributed by atoms with Crippen LogP contribution in [0.25, 0.3) is 11.6 Å². The number of aliphatic hydroxyl groups excluding tert-OH is 2. The Kier molecular flexibility index (Phi) is 8.08. The molecule has 2 aromatic rings. The number of aromatic amines is 1. The van der Waals surface area contributed by atoms with E-state index in [-0.39, 0.29) is 43.5 Å². The highest BCUT2D eigenvalue weighted by Crippen LogP contribution is 2.34. The first-order chi connectivity index (χ1) is 16.5. The first-order valence-corrected chi connectivity index (χ1v) is 11.3. The number of H-pyrrole nitrogens is 1. The van der Waals surface area contributed by atoms with Gasteiger partial charge in [-0.2, -0.15) is 0 Å². The summed E-state index contributed by atoms with van der Waals surface area (Å²) in [6.45, 7) is 3.65. The van der Waals surface area contributed by atoms with Crippen LogP contribution in [0.15, 0.2) is 18.2 Å². The molecule has 188 valence electrons. The van der Waals surface area contributed by atoms with Crippen LogP contribution in [-0.2, 0) is 9.59 Å². The number of aromatic nitrogens is 1. The van der Waals surface area contributed by atoms with E-state index in [1.54, 1.807) is 34.0 Å². The molecule has 2 heterocycles. The lowest BCUT2D eigenvalue weighted by atomic mass is 10.0. The second kappa shape index (κ2) is 10.8. The molecule has 0 spiro atoms. The first kappa shape index (κ1) is 26.1. The van der Waals surface area contributed by atoms with Crippen LogP contribution in [0, 0.1) is 19.7 Å². The maximum Gasteiger partial charge on any atom is 0.256 e. The number of hydrogen-bond donors (Lipinski definition) is 5. The van der Waals surface area contributed by atoms with E-state index in [1.165, 1.54) is 23.1 Å². The van der Waals surface area contributed by atoms with Gasteiger partial charge >= 0.3 is 0 Å². The SMILES string of the molecule is Cc1[nH]c(/C=C2\C(=O)Nc3ccc(F)cc32)c(C)c1C(=O)NCCC(O)CC(O)CC(=O)N(C)C. The molecule has 0 saturated carbocycles. The number of nitrogens with one attached hydrogen (secondary N) is 3. The number of carbonyl (C=O) groups is 3. The Bertz CT molecular complexity index is 1170. The smallest absolute Gasteiger partial charge is 0.256 e. The third-order valence-corrected chi connectivity index (χ3v) is 5.97. The normalized spacial score (nSPS) is 15.5. The Balaban J connectivity index is 1.63. The lowest BCUT2D eigenvalue weighted by molar-refractivity contribution is -0.131. The molecule has 0 radical (unpaired) electrons. The van der Waals surface area contributed by atoms with Crippen LogP contribution >= 0.6 is 0 Å². The summed E-state index contributed by atoms with van der Waals surface area (Å²) < 4.78 is 13.7. The quantitative estimate of drug-likeness (QED) is 0.346. The van der Waals surface area contributed by atoms with E-state index < -0.39 is 18.0 Å². The van der Waals surface area contributed by atoms with E-state index in [1.807, 2.05) is 0 Å². The average molecular weight is 487 g/mol. The number of benzene rings is 1. The molecule has 0 bridgehead atoms. The summed E-state index contributed by atoms with van der Waals surface area (Å²) in [5, 5.41) is 25.6. The summed E-state index contributed by atoms with van der Waals surface area (Å²) in [5.74, 6) is -1.39. The van der Waals surface area contributed by atoms with Crippen molar-refractivity contribution >= 4 is 35.1 Å². The van der Waals surface area contributed by atoms with Crippen molar-refractivity contribution in [1.82, 2.24) is 15.2 Å². The Morgan fingerprint density at radius 3 is 2.60 bits per heavy atom. The van der Waals surface area contributed by atoms with Crippen molar-refractivity contribution in [2.75, 3.05) is 26.0 Å². The molecule has 10 heteroatoms. The number of halogens is 1. The molecular formula is C25H31FN4O5. The van der Waals surface area contributed by atoms with Gasteiger partial charge in [0.25, 0.3) is 11.8 Å². The number of amides is 3. The largest absolute Gasteiger partial charge is 0.393 e. The highest BCUT2D eigenvalue weighted by Gasteiger charge is 2.26. The number of rotatable bonds is 9. The predicted octanol–water partition coefficient (Wildman–Crippen LogP) is 1.97. The zero-order chi connectivity index (χ0) is 25.9. The van der Waals surface area contributed by atoms with Gasteiger partial charge in [0.2, 0.25) is 5.91 Å². The van der Waals surface area contributed by atoms with Crippen molar-refractivity contribution in [3.63, 3.8) is 0 Å². The van der Waals surface area contributed by atoms with Gasteiger partial charge in [-0.05, 0) is 56.5 Å². The molecule has 35 heavy (non-hydrogen) atoms. The fourth-order valence-corrected chi connectivity index (χ4v) is 4.05. The molecule has 2 unspecified atom stereocenters. The Morgan fingerprint density at radius 2 is 1.91 bits per heavy atom. The molecular weight excluding hydrogens is 455 g/mol. The van der Waals surface area contributed by atoms with Crippen LogP contribution in [0.1, 0.15) is 52.1 Å². The molecule has 9 nitrogen and oxygen atoms in total. The highest BCUT2D eigenvalue weighted by atomic mass is 19.1. The molecule has 0 aliphatic carbocycles. The van der Waals surface area contributed by atoms with E-state index in [0.717, 1.165) is 0 Å². The van der Waals surface area contributed by atoms with Crippen molar-refractivity contribution in [2.45, 2.75) is 45.3 Å². The lowest BCUT2D eigenvalue weighted by Gasteiger charge is -2.17. The van der Waals surface area contributed by atoms with Crippen LogP contribution in [0.2, 0.25) is 0 Å². The molecule has 3 rings (SSSR count). The van der Waals surface area contributed by atoms with E-state index in [0.29, 0.717) is 39.3 Å². The van der Waals surface area contributed by atoms with Gasteiger partial charge < -0.3 is 30.7 Å². The van der Waals surface area contributed by atoms with Crippen molar-refractivity contribution in [2.24, 2.45) is 0 Å². The van der Waals surface area contributed by atoms with Crippen molar-refractivity contribution in [3.05, 3.63) is 52.1 Å². The summed E-state index contributed by atoms with van der Waals surface area (Å²) in [6.07, 6.45) is -0.0895. The number of nitrogens with zero attached hydrogens (tertiary/aromatic N) is 1. The Hall–Kier alpha value is -3.50. The predicted molar refractivity (Wildman–Crippen MR) is 130 cm³/mol. The summed E-state index contributed by atoms with van der Waals surface area (Å²) in [7, 11) is 3.18. The maximum absolute atomic E-state index is 13.7. The molecule has 5 N–H and O–H groups in total. The van der Waals surface area contributed by atoms with E-state index in [9.17, 15) is 29.0 Å². The Labute approximate surface area is 203 Å². The lowest BCUT2D eigenvalue weighted by Crippen LogP contribution is -2.31. The van der Waals surface area contributed by atoms with Gasteiger partial charge in [0.1, 0.15) is 5.82 Å². The second-order valence-electron chi connectivity index (χ2n) is 8.95. The minimum atomic E-state index is -0.966. The third-order valence-electron chi connectivity index (χ3n) is 5.97. The topological polar surface area (TPSA) is 135 Å². The summed E-state index contributed by atoms with van der Waals surface area (Å²) in [6, 6.07) is 4.06. The number of fused-ring (bicyclic) bond motifs is 1. The summed E-state index contributed by atoms with van der Waals surface area (Å²) >= 11 is 0. The fourth-order valence-electron chi connectivity index (χ4n) is 4.05. The van der Waals surface area contributed by atoms with Gasteiger partial charge in [-0.1, -0.05) is 0 Å². The molecule has 1 aliphatic heterocycles. The van der Waals surface area contributed by atoms with Crippen LogP contribution < -0.4 is 10.6 Å². The number of anilines is 1. The molecule has 1 aromatic carbocycles. The molecule has 2 atom stereocenters. The molecule has 0 saturated heterocycles. The number of aliphatic hydroxyl groups is 2. The first-order valence-electron chi connectivity index (χ1n) is 11.3. The van der Waals surface area contributed by atoms with Gasteiger partial charge in [-0.15, -0.1) is 0 Å². The van der Waals surface area contributed by atoms with E-state index >= 15 is 0 Å². The van der Waals surface area contributed by atoms with Gasteiger partial charge in [0.05, 0.1) is 29.8 Å². The second-order valence-corrected chi connectivity index (χ2v) is 8.95. The van der Waals surface area contributed by atoms with Crippen LogP contribution in [0.4, 0.5) is 10.1 Å². The van der Waals surface area contributed by atoms with Gasteiger partial charge in [0, 0.05) is 43.3 Å². The zero-order valence-corrected chi connectivity index (χ0v) is 20.2. The standard InChI is InChI=1S/C25H31FN4O5/c1-13-21(12-19-18-9-15(26)5-6-20(18)29-24(19)34)28-14(2)23(13)25(35)27-8-7-16(31)10-17(32)11-22(33)30(3)4/h5-6,9,12,16-17,28,31-32H,7-8,10-11H2,1-4H3,(H,27,35)(H,29,34)/b19-12-. The molecule has 1 aromatic heterocycles. The summed E-state index contributed by atoms with van der Waals surface area (Å²) in [4.78, 5) is 41.3. The molecule has 0 fully saturated rings. The van der Waals surface area contributed by atoms with Crippen LogP contribution in [0.5, 0.6) is 0 Å². The number of hydrogen-bond acceptors (Lipinski definition) is 5. The Morgan fingerprint density at radius 1 is 1.20 bits per heavy atom. The van der Waals surface area contributed by atoms with Crippen molar-refractivity contribution < 1.29 is 29.0 Å². The minimum absolute atomic E-state index is 0.0273. The summed E-state index contributed by atoms with van der Waals surface area (Å²) in [5.41, 5.74) is 3.48. The zero-order valence-electron chi connectivity index (χ0n) is 20.2. The fraction of sp³-hybridized carbons (Fsp3) is 0.400. The van der Waals surface area contributed by atoms with Crippen LogP contribution in [-0.4, -0.2) is 70.7 Å². The average Bonchev–Trinajstić information content (AvgIpc) is 3.22. The van der Waals surface area contributed by atoms with E-state index in [2.05, 4.69) is 15.6 Å². The minimum Gasteiger partial charge on any atom is -0.393 e. The third kappa shape index (κ3) is 6.14. The van der Waals surface area contributed by atoms with Crippen molar-refractivity contribution in [3.8, 4) is 0 Å². The maximum atomic E-state index is 13.7. The van der Waals surface area contributed by atoms with E-state index in [4.69, 9.17) is 0 Å². The van der Waals surface area contributed by atoms with Crippen LogP contribution in [0.3, 0.4) is 0 Å².